The smallest absolute Gasteiger partial charge is 0.269 e. The van der Waals surface area contributed by atoms with Gasteiger partial charge in [0.15, 0.2) is 0 Å². The van der Waals surface area contributed by atoms with Crippen LogP contribution in [0.25, 0.3) is 0 Å². The third-order valence-corrected chi connectivity index (χ3v) is 5.29. The number of carbonyl (C=O) groups excluding carboxylic acids is 1. The largest absolute Gasteiger partial charge is 0.325 e. The fourth-order valence-corrected chi connectivity index (χ4v) is 3.36. The summed E-state index contributed by atoms with van der Waals surface area (Å²) in [5.41, 5.74) is 1.68. The highest BCUT2D eigenvalue weighted by Gasteiger charge is 2.13. The molecule has 0 aliphatic rings. The fraction of sp³-hybridized carbons (Fsp3) is 0.235. The lowest BCUT2D eigenvalue weighted by Crippen LogP contribution is -2.14. The van der Waals surface area contributed by atoms with E-state index in [9.17, 15) is 14.9 Å². The molecule has 0 saturated heterocycles. The van der Waals surface area contributed by atoms with Crippen LogP contribution in [0.1, 0.15) is 17.7 Å². The number of benzene rings is 2. The number of amides is 1. The summed E-state index contributed by atoms with van der Waals surface area (Å²) in [5, 5.41) is 13.7. The standard InChI is InChI=1S/C17H18N2O3S2/c1-12(13-5-3-7-15(9-13)19(21)22)24-11-17(20)18-14-6-4-8-16(10-14)23-2/h3-10,12H,11H2,1-2H3,(H,18,20)/t12-/m0/s1. The van der Waals surface area contributed by atoms with Crippen LogP contribution >= 0.6 is 23.5 Å². The topological polar surface area (TPSA) is 72.2 Å². The molecule has 0 aliphatic heterocycles. The summed E-state index contributed by atoms with van der Waals surface area (Å²) in [6, 6.07) is 14.2. The minimum Gasteiger partial charge on any atom is -0.325 e. The van der Waals surface area contributed by atoms with Gasteiger partial charge in [0.05, 0.1) is 10.7 Å². The van der Waals surface area contributed by atoms with Crippen molar-refractivity contribution < 1.29 is 9.72 Å². The van der Waals surface area contributed by atoms with E-state index >= 15 is 0 Å². The van der Waals surface area contributed by atoms with Crippen molar-refractivity contribution in [3.8, 4) is 0 Å². The highest BCUT2D eigenvalue weighted by atomic mass is 32.2. The van der Waals surface area contributed by atoms with E-state index in [0.717, 1.165) is 16.1 Å². The van der Waals surface area contributed by atoms with Crippen LogP contribution < -0.4 is 5.32 Å². The molecule has 5 nitrogen and oxygen atoms in total. The number of anilines is 1. The first-order chi connectivity index (χ1) is 11.5. The minimum absolute atomic E-state index is 0.00631. The van der Waals surface area contributed by atoms with Crippen LogP contribution in [-0.4, -0.2) is 22.8 Å². The van der Waals surface area contributed by atoms with Crippen molar-refractivity contribution in [3.63, 3.8) is 0 Å². The third-order valence-electron chi connectivity index (χ3n) is 3.37. The van der Waals surface area contributed by atoms with Gasteiger partial charge in [0.1, 0.15) is 0 Å². The summed E-state index contributed by atoms with van der Waals surface area (Å²) in [6.45, 7) is 1.94. The average molecular weight is 362 g/mol. The van der Waals surface area contributed by atoms with Crippen LogP contribution in [0.4, 0.5) is 11.4 Å². The number of nitrogens with zero attached hydrogens (tertiary/aromatic N) is 1. The Morgan fingerprint density at radius 3 is 2.71 bits per heavy atom. The summed E-state index contributed by atoms with van der Waals surface area (Å²) >= 11 is 3.07. The Hall–Kier alpha value is -1.99. The maximum absolute atomic E-state index is 12.1. The second-order valence-corrected chi connectivity index (χ2v) is 7.29. The number of non-ortho nitro benzene ring substituents is 1. The number of carbonyl (C=O) groups is 1. The summed E-state index contributed by atoms with van der Waals surface area (Å²) in [6.07, 6.45) is 1.98. The van der Waals surface area contributed by atoms with E-state index in [2.05, 4.69) is 5.32 Å². The van der Waals surface area contributed by atoms with Gasteiger partial charge in [0.25, 0.3) is 5.69 Å². The second-order valence-electron chi connectivity index (χ2n) is 5.09. The number of hydrogen-bond acceptors (Lipinski definition) is 5. The van der Waals surface area contributed by atoms with Gasteiger partial charge in [0.2, 0.25) is 5.91 Å². The molecule has 0 heterocycles. The van der Waals surface area contributed by atoms with Gasteiger partial charge in [-0.05, 0) is 36.9 Å². The van der Waals surface area contributed by atoms with Crippen molar-refractivity contribution >= 4 is 40.8 Å². The first-order valence-electron chi connectivity index (χ1n) is 7.29. The molecule has 1 atom stereocenters. The zero-order valence-electron chi connectivity index (χ0n) is 13.4. The lowest BCUT2D eigenvalue weighted by Gasteiger charge is -2.12. The molecule has 2 aromatic rings. The predicted molar refractivity (Wildman–Crippen MR) is 101 cm³/mol. The molecule has 24 heavy (non-hydrogen) atoms. The Morgan fingerprint density at radius 1 is 1.25 bits per heavy atom. The quantitative estimate of drug-likeness (QED) is 0.437. The normalized spacial score (nSPS) is 11.8. The van der Waals surface area contributed by atoms with E-state index in [4.69, 9.17) is 0 Å². The van der Waals surface area contributed by atoms with Gasteiger partial charge < -0.3 is 5.32 Å². The molecule has 0 fully saturated rings. The first-order valence-corrected chi connectivity index (χ1v) is 9.57. The molecule has 0 bridgehead atoms. The molecule has 0 spiro atoms. The Balaban J connectivity index is 1.91. The zero-order valence-corrected chi connectivity index (χ0v) is 15.0. The van der Waals surface area contributed by atoms with E-state index in [-0.39, 0.29) is 22.6 Å². The van der Waals surface area contributed by atoms with Crippen molar-refractivity contribution in [2.45, 2.75) is 17.1 Å². The Kier molecular flexibility index (Phi) is 6.69. The van der Waals surface area contributed by atoms with Gasteiger partial charge in [-0.1, -0.05) is 18.2 Å². The van der Waals surface area contributed by atoms with Crippen molar-refractivity contribution in [3.05, 3.63) is 64.2 Å². The second kappa shape index (κ2) is 8.75. The van der Waals surface area contributed by atoms with Crippen LogP contribution in [0.15, 0.2) is 53.4 Å². The number of thioether (sulfide) groups is 2. The molecule has 0 unspecified atom stereocenters. The molecule has 0 aliphatic carbocycles. The molecule has 0 aromatic heterocycles. The van der Waals surface area contributed by atoms with Crippen LogP contribution in [0.2, 0.25) is 0 Å². The summed E-state index contributed by atoms with van der Waals surface area (Å²) in [7, 11) is 0. The van der Waals surface area contributed by atoms with Crippen molar-refractivity contribution in [2.24, 2.45) is 0 Å². The molecular weight excluding hydrogens is 344 g/mol. The van der Waals surface area contributed by atoms with E-state index in [1.807, 2.05) is 43.5 Å². The van der Waals surface area contributed by atoms with Gasteiger partial charge in [0, 0.05) is 28.0 Å². The highest BCUT2D eigenvalue weighted by Crippen LogP contribution is 2.30. The Morgan fingerprint density at radius 2 is 2.00 bits per heavy atom. The lowest BCUT2D eigenvalue weighted by molar-refractivity contribution is -0.384. The van der Waals surface area contributed by atoms with Crippen molar-refractivity contribution in [2.75, 3.05) is 17.3 Å². The highest BCUT2D eigenvalue weighted by molar-refractivity contribution is 8.00. The summed E-state index contributed by atoms with van der Waals surface area (Å²) < 4.78 is 0. The molecule has 2 rings (SSSR count). The van der Waals surface area contributed by atoms with Crippen LogP contribution in [-0.2, 0) is 4.79 Å². The van der Waals surface area contributed by atoms with E-state index < -0.39 is 4.92 Å². The number of nitro benzene ring substituents is 1. The molecule has 7 heteroatoms. The van der Waals surface area contributed by atoms with Gasteiger partial charge in [-0.15, -0.1) is 23.5 Å². The molecule has 1 N–H and O–H groups in total. The van der Waals surface area contributed by atoms with Crippen LogP contribution in [0.5, 0.6) is 0 Å². The SMILES string of the molecule is CSc1cccc(NC(=O)CS[C@@H](C)c2cccc([N+](=O)[O-])c2)c1. The predicted octanol–water partition coefficient (Wildman–Crippen LogP) is 4.75. The van der Waals surface area contributed by atoms with Gasteiger partial charge in [-0.25, -0.2) is 0 Å². The maximum atomic E-state index is 12.1. The fourth-order valence-electron chi connectivity index (χ4n) is 2.09. The molecule has 2 aromatic carbocycles. The summed E-state index contributed by atoms with van der Waals surface area (Å²) in [4.78, 5) is 23.6. The molecular formula is C17H18N2O3S2. The van der Waals surface area contributed by atoms with E-state index in [1.54, 1.807) is 23.9 Å². The lowest BCUT2D eigenvalue weighted by atomic mass is 10.1. The number of hydrogen-bond donors (Lipinski definition) is 1. The first kappa shape index (κ1) is 18.4. The molecule has 0 saturated carbocycles. The monoisotopic (exact) mass is 362 g/mol. The van der Waals surface area contributed by atoms with Crippen molar-refractivity contribution in [1.82, 2.24) is 0 Å². The van der Waals surface area contributed by atoms with Crippen LogP contribution in [0.3, 0.4) is 0 Å². The molecule has 1 amide bonds. The van der Waals surface area contributed by atoms with Gasteiger partial charge in [-0.2, -0.15) is 0 Å². The van der Waals surface area contributed by atoms with Gasteiger partial charge in [-0.3, -0.25) is 14.9 Å². The zero-order chi connectivity index (χ0) is 17.5. The summed E-state index contributed by atoms with van der Waals surface area (Å²) in [5.74, 6) is 0.198. The molecule has 0 radical (unpaired) electrons. The van der Waals surface area contributed by atoms with Gasteiger partial charge >= 0.3 is 0 Å². The Labute approximate surface area is 149 Å². The maximum Gasteiger partial charge on any atom is 0.269 e. The number of rotatable bonds is 7. The average Bonchev–Trinajstić information content (AvgIpc) is 2.60. The van der Waals surface area contributed by atoms with E-state index in [0.29, 0.717) is 0 Å². The minimum atomic E-state index is -0.410. The third kappa shape index (κ3) is 5.28. The number of nitrogens with one attached hydrogen (secondary N) is 1. The van der Waals surface area contributed by atoms with E-state index in [1.165, 1.54) is 17.8 Å². The molecule has 126 valence electrons. The van der Waals surface area contributed by atoms with Crippen molar-refractivity contribution in [1.29, 1.82) is 0 Å². The Bertz CT molecular complexity index is 737. The van der Waals surface area contributed by atoms with Crippen LogP contribution in [0, 0.1) is 10.1 Å². The number of nitro groups is 1.